The van der Waals surface area contributed by atoms with Crippen LogP contribution in [0.25, 0.3) is 0 Å². The molecule has 0 aliphatic heterocycles. The van der Waals surface area contributed by atoms with Gasteiger partial charge in [-0.25, -0.2) is 0 Å². The number of pyridine rings is 1. The van der Waals surface area contributed by atoms with Gasteiger partial charge in [0.25, 0.3) is 0 Å². The third-order valence-corrected chi connectivity index (χ3v) is 3.04. The van der Waals surface area contributed by atoms with E-state index in [0.717, 1.165) is 16.7 Å². The molecule has 0 unspecified atom stereocenters. The van der Waals surface area contributed by atoms with Crippen molar-refractivity contribution in [1.82, 2.24) is 4.98 Å². The molecule has 0 radical (unpaired) electrons. The summed E-state index contributed by atoms with van der Waals surface area (Å²) in [4.78, 5) is 14.3. The highest BCUT2D eigenvalue weighted by Crippen LogP contribution is 2.25. The summed E-state index contributed by atoms with van der Waals surface area (Å²) in [6, 6.07) is 9.34. The molecule has 20 heavy (non-hydrogen) atoms. The molecule has 0 amide bonds. The Morgan fingerprint density at radius 2 is 1.95 bits per heavy atom. The zero-order valence-electron chi connectivity index (χ0n) is 11.7. The normalized spacial score (nSPS) is 10.3. The van der Waals surface area contributed by atoms with Crippen LogP contribution in [0.5, 0.6) is 5.75 Å². The minimum absolute atomic E-state index is 0.196. The summed E-state index contributed by atoms with van der Waals surface area (Å²) in [7, 11) is 0. The number of aryl methyl sites for hydroxylation is 3. The molecule has 2 rings (SSSR count). The smallest absolute Gasteiger partial charge is 0.406 e. The van der Waals surface area contributed by atoms with E-state index in [4.69, 9.17) is 4.74 Å². The van der Waals surface area contributed by atoms with Gasteiger partial charge in [0.15, 0.2) is 0 Å². The van der Waals surface area contributed by atoms with Crippen molar-refractivity contribution in [2.75, 3.05) is 0 Å². The maximum atomic E-state index is 11.0. The van der Waals surface area contributed by atoms with Gasteiger partial charge in [-0.15, -0.1) is 0 Å². The van der Waals surface area contributed by atoms with E-state index in [1.807, 2.05) is 32.0 Å². The second-order valence-corrected chi connectivity index (χ2v) is 4.75. The molecule has 1 aromatic carbocycles. The lowest BCUT2D eigenvalue weighted by Crippen LogP contribution is -2.03. The highest BCUT2D eigenvalue weighted by atomic mass is 16.6. The van der Waals surface area contributed by atoms with Crippen LogP contribution in [0.2, 0.25) is 0 Å². The summed E-state index contributed by atoms with van der Waals surface area (Å²) in [5, 5.41) is 11.0. The second kappa shape index (κ2) is 5.69. The van der Waals surface area contributed by atoms with E-state index >= 15 is 0 Å². The van der Waals surface area contributed by atoms with Gasteiger partial charge in [0.1, 0.15) is 12.3 Å². The summed E-state index contributed by atoms with van der Waals surface area (Å²) < 4.78 is 5.57. The first-order valence-corrected chi connectivity index (χ1v) is 6.28. The first-order chi connectivity index (χ1) is 9.47. The van der Waals surface area contributed by atoms with Crippen molar-refractivity contribution in [2.24, 2.45) is 0 Å². The summed E-state index contributed by atoms with van der Waals surface area (Å²) in [6.07, 6.45) is 0. The molecule has 0 aliphatic rings. The Morgan fingerprint density at radius 1 is 1.20 bits per heavy atom. The number of aromatic nitrogens is 1. The first kappa shape index (κ1) is 14.0. The van der Waals surface area contributed by atoms with Crippen molar-refractivity contribution in [2.45, 2.75) is 27.4 Å². The van der Waals surface area contributed by atoms with Crippen molar-refractivity contribution in [3.05, 3.63) is 62.8 Å². The predicted octanol–water partition coefficient (Wildman–Crippen LogP) is 3.49. The number of benzene rings is 1. The van der Waals surface area contributed by atoms with Crippen LogP contribution in [0.1, 0.15) is 22.4 Å². The van der Waals surface area contributed by atoms with Gasteiger partial charge in [0, 0.05) is 6.92 Å². The zero-order valence-corrected chi connectivity index (χ0v) is 11.7. The minimum Gasteiger partial charge on any atom is -0.481 e. The van der Waals surface area contributed by atoms with Gasteiger partial charge in [-0.05, 0) is 47.0 Å². The molecule has 104 valence electrons. The number of ether oxygens (including phenoxy) is 1. The van der Waals surface area contributed by atoms with Gasteiger partial charge in [-0.2, -0.15) is 0 Å². The number of hydrogen-bond acceptors (Lipinski definition) is 4. The number of nitrogens with zero attached hydrogens (tertiary/aromatic N) is 2. The molecule has 5 nitrogen and oxygen atoms in total. The standard InChI is InChI=1S/C15H16N2O3/c1-10-4-5-11(2)13(8-10)9-20-14-7-6-12(3)16-15(14)17(18)19/h4-8H,9H2,1-3H3. The molecule has 0 spiro atoms. The van der Waals surface area contributed by atoms with E-state index in [0.29, 0.717) is 12.3 Å². The van der Waals surface area contributed by atoms with E-state index in [1.54, 1.807) is 19.1 Å². The maximum Gasteiger partial charge on any atom is 0.406 e. The molecule has 0 saturated heterocycles. The van der Waals surface area contributed by atoms with Crippen molar-refractivity contribution >= 4 is 5.82 Å². The average molecular weight is 272 g/mol. The molecular weight excluding hydrogens is 256 g/mol. The van der Waals surface area contributed by atoms with Crippen LogP contribution < -0.4 is 4.74 Å². The largest absolute Gasteiger partial charge is 0.481 e. The highest BCUT2D eigenvalue weighted by molar-refractivity contribution is 5.40. The summed E-state index contributed by atoms with van der Waals surface area (Å²) >= 11 is 0. The SMILES string of the molecule is Cc1ccc(C)c(COc2ccc(C)nc2[N+](=O)[O-])c1. The Hall–Kier alpha value is -2.43. The molecule has 1 heterocycles. The van der Waals surface area contributed by atoms with Crippen LogP contribution in [0.3, 0.4) is 0 Å². The molecule has 0 aliphatic carbocycles. The van der Waals surface area contributed by atoms with Gasteiger partial charge >= 0.3 is 5.82 Å². The summed E-state index contributed by atoms with van der Waals surface area (Å²) in [6.45, 7) is 5.99. The quantitative estimate of drug-likeness (QED) is 0.631. The lowest BCUT2D eigenvalue weighted by Gasteiger charge is -2.09. The minimum atomic E-state index is -0.522. The van der Waals surface area contributed by atoms with Crippen molar-refractivity contribution in [3.63, 3.8) is 0 Å². The fourth-order valence-corrected chi connectivity index (χ4v) is 1.88. The van der Waals surface area contributed by atoms with E-state index in [-0.39, 0.29) is 11.6 Å². The Morgan fingerprint density at radius 3 is 2.65 bits per heavy atom. The molecule has 0 saturated carbocycles. The molecule has 0 atom stereocenters. The van der Waals surface area contributed by atoms with Crippen LogP contribution in [-0.2, 0) is 6.61 Å². The van der Waals surface area contributed by atoms with Crippen LogP contribution in [0.15, 0.2) is 30.3 Å². The van der Waals surface area contributed by atoms with Crippen LogP contribution in [0, 0.1) is 30.9 Å². The van der Waals surface area contributed by atoms with Crippen molar-refractivity contribution < 1.29 is 9.66 Å². The Kier molecular flexibility index (Phi) is 3.98. The van der Waals surface area contributed by atoms with E-state index in [9.17, 15) is 10.1 Å². The third-order valence-electron chi connectivity index (χ3n) is 3.04. The van der Waals surface area contributed by atoms with Gasteiger partial charge in [0.2, 0.25) is 5.75 Å². The molecule has 5 heteroatoms. The molecule has 1 aromatic heterocycles. The van der Waals surface area contributed by atoms with Crippen LogP contribution >= 0.6 is 0 Å². The van der Waals surface area contributed by atoms with Gasteiger partial charge in [-0.1, -0.05) is 23.8 Å². The second-order valence-electron chi connectivity index (χ2n) is 4.75. The highest BCUT2D eigenvalue weighted by Gasteiger charge is 2.17. The lowest BCUT2D eigenvalue weighted by molar-refractivity contribution is -0.390. The zero-order chi connectivity index (χ0) is 14.7. The van der Waals surface area contributed by atoms with Crippen molar-refractivity contribution in [1.29, 1.82) is 0 Å². The van der Waals surface area contributed by atoms with E-state index in [1.165, 1.54) is 0 Å². The lowest BCUT2D eigenvalue weighted by atomic mass is 10.1. The summed E-state index contributed by atoms with van der Waals surface area (Å²) in [5.74, 6) is -0.0446. The topological polar surface area (TPSA) is 65.3 Å². The van der Waals surface area contributed by atoms with Gasteiger partial charge in [0.05, 0.1) is 0 Å². The fraction of sp³-hybridized carbons (Fsp3) is 0.267. The fourth-order valence-electron chi connectivity index (χ4n) is 1.88. The Balaban J connectivity index is 2.23. The molecule has 0 N–H and O–H groups in total. The monoisotopic (exact) mass is 272 g/mol. The van der Waals surface area contributed by atoms with E-state index in [2.05, 4.69) is 4.98 Å². The van der Waals surface area contributed by atoms with Crippen LogP contribution in [-0.4, -0.2) is 9.91 Å². The predicted molar refractivity (Wildman–Crippen MR) is 75.9 cm³/mol. The number of nitro groups is 1. The van der Waals surface area contributed by atoms with Gasteiger partial charge < -0.3 is 14.9 Å². The van der Waals surface area contributed by atoms with Crippen LogP contribution in [0.4, 0.5) is 5.82 Å². The average Bonchev–Trinajstić information content (AvgIpc) is 2.40. The number of rotatable bonds is 4. The van der Waals surface area contributed by atoms with Gasteiger partial charge in [-0.3, -0.25) is 0 Å². The molecule has 0 bridgehead atoms. The van der Waals surface area contributed by atoms with E-state index < -0.39 is 4.92 Å². The number of hydrogen-bond donors (Lipinski definition) is 0. The molecule has 0 fully saturated rings. The third kappa shape index (κ3) is 3.12. The Labute approximate surface area is 117 Å². The molecule has 2 aromatic rings. The molecular formula is C15H16N2O3. The first-order valence-electron chi connectivity index (χ1n) is 6.28. The summed E-state index contributed by atoms with van der Waals surface area (Å²) in [5.41, 5.74) is 3.83. The Bertz CT molecular complexity index is 654. The van der Waals surface area contributed by atoms with Crippen molar-refractivity contribution in [3.8, 4) is 5.75 Å². The maximum absolute atomic E-state index is 11.0.